The summed E-state index contributed by atoms with van der Waals surface area (Å²) < 4.78 is 2.38. The van der Waals surface area contributed by atoms with Crippen LogP contribution in [0.1, 0.15) is 55.5 Å². The van der Waals surface area contributed by atoms with E-state index in [0.29, 0.717) is 0 Å². The lowest BCUT2D eigenvalue weighted by molar-refractivity contribution is 0.650. The summed E-state index contributed by atoms with van der Waals surface area (Å²) in [5.74, 6) is 0. The smallest absolute Gasteiger partial charge is 0.0541 e. The average molecular weight is 733 g/mol. The Balaban J connectivity index is 0.988. The van der Waals surface area contributed by atoms with Crippen LogP contribution < -0.4 is 4.90 Å². The molecule has 57 heavy (non-hydrogen) atoms. The van der Waals surface area contributed by atoms with Crippen molar-refractivity contribution in [3.63, 3.8) is 0 Å². The Morgan fingerprint density at radius 3 is 1.60 bits per heavy atom. The Bertz CT molecular complexity index is 2980. The molecule has 1 aromatic heterocycles. The van der Waals surface area contributed by atoms with Gasteiger partial charge in [-0.3, -0.25) is 0 Å². The van der Waals surface area contributed by atoms with E-state index in [4.69, 9.17) is 0 Å². The SMILES string of the molecule is CC1(C)c2ccccc2-c2ccc(N(Cc3cccc4c3C(C)(C)c3ccccc3-4)c3ccc(-c4ccc(-n5c6ccccc6c6ccccc65)cc4)cc3)cc21. The number of fused-ring (bicyclic) bond motifs is 9. The molecule has 9 aromatic rings. The first kappa shape index (κ1) is 33.7. The fourth-order valence-electron chi connectivity index (χ4n) is 10.3. The van der Waals surface area contributed by atoms with Crippen LogP contribution in [-0.4, -0.2) is 4.57 Å². The maximum Gasteiger partial charge on any atom is 0.0541 e. The molecule has 0 unspecified atom stereocenters. The number of anilines is 2. The van der Waals surface area contributed by atoms with Crippen LogP contribution in [0.15, 0.2) is 182 Å². The summed E-state index contributed by atoms with van der Waals surface area (Å²) in [5.41, 5.74) is 20.7. The Labute approximate surface area is 335 Å². The summed E-state index contributed by atoms with van der Waals surface area (Å²) in [4.78, 5) is 2.53. The summed E-state index contributed by atoms with van der Waals surface area (Å²) in [5, 5.41) is 2.56. The Kier molecular flexibility index (Phi) is 7.35. The Hall–Kier alpha value is -6.64. The van der Waals surface area contributed by atoms with Crippen LogP contribution in [0, 0.1) is 0 Å². The van der Waals surface area contributed by atoms with Gasteiger partial charge in [-0.25, -0.2) is 0 Å². The highest BCUT2D eigenvalue weighted by Crippen LogP contribution is 2.52. The summed E-state index contributed by atoms with van der Waals surface area (Å²) in [6.07, 6.45) is 0. The van der Waals surface area contributed by atoms with Crippen LogP contribution in [0.3, 0.4) is 0 Å². The fourth-order valence-corrected chi connectivity index (χ4v) is 10.3. The van der Waals surface area contributed by atoms with Gasteiger partial charge in [0, 0.05) is 45.2 Å². The number of benzene rings is 8. The molecule has 0 amide bonds. The van der Waals surface area contributed by atoms with E-state index in [9.17, 15) is 0 Å². The molecule has 2 heteroatoms. The molecular weight excluding hydrogens is 689 g/mol. The summed E-state index contributed by atoms with van der Waals surface area (Å²) >= 11 is 0. The zero-order valence-corrected chi connectivity index (χ0v) is 32.9. The molecule has 0 saturated heterocycles. The van der Waals surface area contributed by atoms with Crippen molar-refractivity contribution in [3.8, 4) is 39.1 Å². The van der Waals surface area contributed by atoms with E-state index < -0.39 is 0 Å². The predicted octanol–water partition coefficient (Wildman–Crippen LogP) is 14.4. The third kappa shape index (κ3) is 5.03. The van der Waals surface area contributed by atoms with Crippen molar-refractivity contribution in [2.45, 2.75) is 45.1 Å². The van der Waals surface area contributed by atoms with Gasteiger partial charge in [0.15, 0.2) is 0 Å². The van der Waals surface area contributed by atoms with Crippen LogP contribution in [0.4, 0.5) is 11.4 Å². The minimum atomic E-state index is -0.0923. The number of nitrogens with zero attached hydrogens (tertiary/aromatic N) is 2. The molecule has 0 bridgehead atoms. The van der Waals surface area contributed by atoms with Gasteiger partial charge in [-0.05, 0) is 110 Å². The van der Waals surface area contributed by atoms with E-state index in [1.165, 1.54) is 100 Å². The van der Waals surface area contributed by atoms with Gasteiger partial charge >= 0.3 is 0 Å². The molecular formula is C55H44N2. The average Bonchev–Trinajstić information content (AvgIpc) is 3.80. The standard InChI is InChI=1S/C55H44N2/c1-54(2)48-20-9-5-15-42(48)44-33-32-41(34-50(44)54)56(35-38-14-13-19-47-43-16-6-10-21-49(43)55(3,4)53(38)47)39-28-24-36(25-29-39)37-26-30-40(31-27-37)57-51-22-11-7-17-45(51)46-18-8-12-23-52(46)57/h5-34H,35H2,1-4H3. The lowest BCUT2D eigenvalue weighted by Crippen LogP contribution is -2.23. The van der Waals surface area contributed by atoms with Crippen LogP contribution in [-0.2, 0) is 17.4 Å². The molecule has 11 rings (SSSR count). The lowest BCUT2D eigenvalue weighted by Gasteiger charge is -2.31. The van der Waals surface area contributed by atoms with Crippen molar-refractivity contribution >= 4 is 33.2 Å². The van der Waals surface area contributed by atoms with E-state index in [0.717, 1.165) is 6.54 Å². The third-order valence-electron chi connectivity index (χ3n) is 13.1. The quantitative estimate of drug-likeness (QED) is 0.165. The van der Waals surface area contributed by atoms with E-state index >= 15 is 0 Å². The second-order valence-electron chi connectivity index (χ2n) is 17.0. The van der Waals surface area contributed by atoms with Crippen LogP contribution in [0.5, 0.6) is 0 Å². The lowest BCUT2D eigenvalue weighted by atomic mass is 9.80. The second kappa shape index (κ2) is 12.4. The molecule has 2 aliphatic carbocycles. The first-order valence-electron chi connectivity index (χ1n) is 20.2. The van der Waals surface area contributed by atoms with Gasteiger partial charge in [-0.1, -0.05) is 161 Å². The number of para-hydroxylation sites is 2. The maximum atomic E-state index is 2.53. The van der Waals surface area contributed by atoms with Gasteiger partial charge in [-0.15, -0.1) is 0 Å². The molecule has 2 aliphatic rings. The molecule has 0 atom stereocenters. The largest absolute Gasteiger partial charge is 0.337 e. The minimum Gasteiger partial charge on any atom is -0.337 e. The molecule has 8 aromatic carbocycles. The van der Waals surface area contributed by atoms with Gasteiger partial charge in [0.05, 0.1) is 11.0 Å². The van der Waals surface area contributed by atoms with E-state index in [2.05, 4.69) is 219 Å². The molecule has 0 fully saturated rings. The summed E-state index contributed by atoms with van der Waals surface area (Å²) in [7, 11) is 0. The number of rotatable bonds is 6. The van der Waals surface area contributed by atoms with Crippen LogP contribution >= 0.6 is 0 Å². The summed E-state index contributed by atoms with van der Waals surface area (Å²) in [6, 6.07) is 67.6. The number of hydrogen-bond acceptors (Lipinski definition) is 1. The molecule has 0 N–H and O–H groups in total. The molecule has 0 spiro atoms. The van der Waals surface area contributed by atoms with Gasteiger partial charge in [0.2, 0.25) is 0 Å². The Morgan fingerprint density at radius 2 is 0.930 bits per heavy atom. The highest BCUT2D eigenvalue weighted by Gasteiger charge is 2.38. The van der Waals surface area contributed by atoms with Crippen molar-refractivity contribution in [1.82, 2.24) is 4.57 Å². The van der Waals surface area contributed by atoms with Crippen molar-refractivity contribution in [2.24, 2.45) is 0 Å². The zero-order valence-electron chi connectivity index (χ0n) is 32.9. The monoisotopic (exact) mass is 732 g/mol. The fraction of sp³-hybridized carbons (Fsp3) is 0.127. The van der Waals surface area contributed by atoms with Crippen molar-refractivity contribution in [2.75, 3.05) is 4.90 Å². The molecule has 2 nitrogen and oxygen atoms in total. The van der Waals surface area contributed by atoms with Gasteiger partial charge in [0.25, 0.3) is 0 Å². The first-order valence-corrected chi connectivity index (χ1v) is 20.2. The molecule has 0 radical (unpaired) electrons. The van der Waals surface area contributed by atoms with Gasteiger partial charge < -0.3 is 9.47 Å². The van der Waals surface area contributed by atoms with Gasteiger partial charge in [-0.2, -0.15) is 0 Å². The molecule has 0 aliphatic heterocycles. The Morgan fingerprint density at radius 1 is 0.421 bits per heavy atom. The maximum absolute atomic E-state index is 2.53. The first-order chi connectivity index (χ1) is 27.8. The van der Waals surface area contributed by atoms with E-state index in [1.807, 2.05) is 0 Å². The second-order valence-corrected chi connectivity index (χ2v) is 17.0. The van der Waals surface area contributed by atoms with Crippen LogP contribution in [0.2, 0.25) is 0 Å². The van der Waals surface area contributed by atoms with Crippen molar-refractivity contribution < 1.29 is 0 Å². The predicted molar refractivity (Wildman–Crippen MR) is 240 cm³/mol. The molecule has 0 saturated carbocycles. The topological polar surface area (TPSA) is 8.17 Å². The minimum absolute atomic E-state index is 0.0829. The van der Waals surface area contributed by atoms with Crippen LogP contribution in [0.25, 0.3) is 60.9 Å². The van der Waals surface area contributed by atoms with E-state index in [-0.39, 0.29) is 10.8 Å². The van der Waals surface area contributed by atoms with Crippen molar-refractivity contribution in [1.29, 1.82) is 0 Å². The summed E-state index contributed by atoms with van der Waals surface area (Å²) in [6.45, 7) is 10.3. The highest BCUT2D eigenvalue weighted by molar-refractivity contribution is 6.09. The normalized spacial score (nSPS) is 14.3. The number of aromatic nitrogens is 1. The third-order valence-corrected chi connectivity index (χ3v) is 13.1. The van der Waals surface area contributed by atoms with E-state index in [1.54, 1.807) is 0 Å². The van der Waals surface area contributed by atoms with Crippen molar-refractivity contribution in [3.05, 3.63) is 210 Å². The van der Waals surface area contributed by atoms with Gasteiger partial charge in [0.1, 0.15) is 0 Å². The molecule has 274 valence electrons. The zero-order chi connectivity index (χ0) is 38.5. The molecule has 1 heterocycles. The highest BCUT2D eigenvalue weighted by atomic mass is 15.1. The number of hydrogen-bond donors (Lipinski definition) is 0.